The number of ketones is 1. The summed E-state index contributed by atoms with van der Waals surface area (Å²) in [6.07, 6.45) is -0.224. The van der Waals surface area contributed by atoms with Gasteiger partial charge in [-0.15, -0.1) is 0 Å². The Morgan fingerprint density at radius 3 is 1.92 bits per heavy atom. The van der Waals surface area contributed by atoms with Crippen molar-refractivity contribution in [3.05, 3.63) is 88.4 Å². The Balaban J connectivity index is 1.44. The summed E-state index contributed by atoms with van der Waals surface area (Å²) in [4.78, 5) is 30.2. The topological polar surface area (TPSA) is 68.3 Å². The van der Waals surface area contributed by atoms with Gasteiger partial charge in [0.1, 0.15) is 0 Å². The Labute approximate surface area is 222 Å². The number of ether oxygens (including phenoxy) is 3. The number of Topliss-reactive ketones (excluding diaryl/α,β-unsaturated/α-hetero) is 1. The first-order valence-electron chi connectivity index (χ1n) is 12.1. The van der Waals surface area contributed by atoms with E-state index in [-0.39, 0.29) is 24.2 Å². The molecular formula is C29H31ClN2O5. The summed E-state index contributed by atoms with van der Waals surface area (Å²) >= 11 is 6.13. The average molecular weight is 523 g/mol. The molecule has 37 heavy (non-hydrogen) atoms. The number of carbonyl (C=O) groups excluding carboxylic acids is 2. The van der Waals surface area contributed by atoms with E-state index in [1.165, 1.54) is 26.9 Å². The molecule has 1 heterocycles. The second kappa shape index (κ2) is 12.1. The third-order valence-electron chi connectivity index (χ3n) is 6.63. The molecule has 194 valence electrons. The van der Waals surface area contributed by atoms with Gasteiger partial charge in [0.25, 0.3) is 0 Å². The highest BCUT2D eigenvalue weighted by atomic mass is 35.5. The first-order valence-corrected chi connectivity index (χ1v) is 12.5. The van der Waals surface area contributed by atoms with E-state index in [9.17, 15) is 9.59 Å². The molecule has 0 N–H and O–H groups in total. The van der Waals surface area contributed by atoms with E-state index in [2.05, 4.69) is 17.0 Å². The minimum atomic E-state index is -0.296. The maximum Gasteiger partial charge on any atom is 0.230 e. The van der Waals surface area contributed by atoms with Crippen molar-refractivity contribution >= 4 is 23.3 Å². The fourth-order valence-corrected chi connectivity index (χ4v) is 4.84. The standard InChI is InChI=1S/C29H31ClN2O5/c1-35-25-17-22(18-26(36-2)29(25)37-3)24(33)19-27(34)31-13-15-32(16-14-31)28(20-7-5-4-6-8-20)21-9-11-23(30)12-10-21/h4-12,17-18,28H,13-16,19H2,1-3H3. The van der Waals surface area contributed by atoms with Gasteiger partial charge in [-0.3, -0.25) is 14.5 Å². The maximum atomic E-state index is 13.1. The normalized spacial score (nSPS) is 14.6. The van der Waals surface area contributed by atoms with Gasteiger partial charge in [0.2, 0.25) is 11.7 Å². The molecule has 0 aliphatic carbocycles. The number of amides is 1. The molecule has 0 spiro atoms. The van der Waals surface area contributed by atoms with Gasteiger partial charge >= 0.3 is 0 Å². The monoisotopic (exact) mass is 522 g/mol. The fourth-order valence-electron chi connectivity index (χ4n) is 4.72. The maximum absolute atomic E-state index is 13.1. The molecule has 7 nitrogen and oxygen atoms in total. The predicted octanol–water partition coefficient (Wildman–Crippen LogP) is 4.87. The van der Waals surface area contributed by atoms with Crippen LogP contribution in [0.25, 0.3) is 0 Å². The third kappa shape index (κ3) is 6.06. The smallest absolute Gasteiger partial charge is 0.230 e. The van der Waals surface area contributed by atoms with Crippen molar-refractivity contribution in [3.8, 4) is 17.2 Å². The number of methoxy groups -OCH3 is 3. The lowest BCUT2D eigenvalue weighted by Gasteiger charge is -2.39. The predicted molar refractivity (Wildman–Crippen MR) is 143 cm³/mol. The van der Waals surface area contributed by atoms with Crippen LogP contribution in [0.5, 0.6) is 17.2 Å². The highest BCUT2D eigenvalue weighted by molar-refractivity contribution is 6.30. The summed E-state index contributed by atoms with van der Waals surface area (Å²) in [5, 5.41) is 0.697. The number of halogens is 1. The van der Waals surface area contributed by atoms with Crippen molar-refractivity contribution in [1.82, 2.24) is 9.80 Å². The number of hydrogen-bond acceptors (Lipinski definition) is 6. The Morgan fingerprint density at radius 2 is 1.38 bits per heavy atom. The molecule has 8 heteroatoms. The van der Waals surface area contributed by atoms with Crippen molar-refractivity contribution in [1.29, 1.82) is 0 Å². The van der Waals surface area contributed by atoms with Gasteiger partial charge in [0.15, 0.2) is 17.3 Å². The lowest BCUT2D eigenvalue weighted by molar-refractivity contribution is -0.132. The third-order valence-corrected chi connectivity index (χ3v) is 6.88. The Kier molecular flexibility index (Phi) is 8.69. The zero-order valence-electron chi connectivity index (χ0n) is 21.3. The van der Waals surface area contributed by atoms with Crippen LogP contribution in [-0.2, 0) is 4.79 Å². The van der Waals surface area contributed by atoms with Gasteiger partial charge in [-0.05, 0) is 35.4 Å². The molecule has 0 aromatic heterocycles. The van der Waals surface area contributed by atoms with Crippen LogP contribution in [0.4, 0.5) is 0 Å². The Bertz CT molecular complexity index is 1200. The second-order valence-corrected chi connectivity index (χ2v) is 9.23. The molecule has 3 aromatic carbocycles. The van der Waals surface area contributed by atoms with Crippen LogP contribution in [0.1, 0.15) is 33.9 Å². The molecule has 0 saturated carbocycles. The Morgan fingerprint density at radius 1 is 0.811 bits per heavy atom. The van der Waals surface area contributed by atoms with Gasteiger partial charge in [0.05, 0.1) is 33.8 Å². The van der Waals surface area contributed by atoms with Crippen LogP contribution in [-0.4, -0.2) is 69.0 Å². The first kappa shape index (κ1) is 26.5. The summed E-state index contributed by atoms with van der Waals surface area (Å²) in [5.74, 6) is 0.662. The van der Waals surface area contributed by atoms with Crippen LogP contribution < -0.4 is 14.2 Å². The number of benzene rings is 3. The summed E-state index contributed by atoms with van der Waals surface area (Å²) in [6, 6.07) is 21.4. The molecule has 1 unspecified atom stereocenters. The van der Waals surface area contributed by atoms with Crippen LogP contribution in [0.3, 0.4) is 0 Å². The molecule has 1 aliphatic rings. The lowest BCUT2D eigenvalue weighted by Crippen LogP contribution is -2.50. The molecule has 1 atom stereocenters. The van der Waals surface area contributed by atoms with E-state index in [4.69, 9.17) is 25.8 Å². The largest absolute Gasteiger partial charge is 0.493 e. The minimum Gasteiger partial charge on any atom is -0.493 e. The lowest BCUT2D eigenvalue weighted by atomic mass is 9.96. The van der Waals surface area contributed by atoms with Crippen LogP contribution in [0.2, 0.25) is 5.02 Å². The number of piperazine rings is 1. The number of rotatable bonds is 9. The van der Waals surface area contributed by atoms with Gasteiger partial charge in [-0.1, -0.05) is 54.1 Å². The van der Waals surface area contributed by atoms with Gasteiger partial charge < -0.3 is 19.1 Å². The van der Waals surface area contributed by atoms with Crippen molar-refractivity contribution in [3.63, 3.8) is 0 Å². The minimum absolute atomic E-state index is 0.0524. The highest BCUT2D eigenvalue weighted by Crippen LogP contribution is 2.38. The fraction of sp³-hybridized carbons (Fsp3) is 0.310. The summed E-state index contributed by atoms with van der Waals surface area (Å²) in [7, 11) is 4.48. The summed E-state index contributed by atoms with van der Waals surface area (Å²) < 4.78 is 16.0. The van der Waals surface area contributed by atoms with E-state index < -0.39 is 0 Å². The molecule has 1 fully saturated rings. The van der Waals surface area contributed by atoms with Gasteiger partial charge in [-0.25, -0.2) is 0 Å². The molecule has 0 radical (unpaired) electrons. The molecule has 0 bridgehead atoms. The second-order valence-electron chi connectivity index (χ2n) is 8.80. The van der Waals surface area contributed by atoms with E-state index in [1.54, 1.807) is 17.0 Å². The average Bonchev–Trinajstić information content (AvgIpc) is 2.94. The quantitative estimate of drug-likeness (QED) is 0.295. The number of nitrogens with zero attached hydrogens (tertiary/aromatic N) is 2. The van der Waals surface area contributed by atoms with E-state index in [0.29, 0.717) is 54.0 Å². The highest BCUT2D eigenvalue weighted by Gasteiger charge is 2.29. The van der Waals surface area contributed by atoms with Gasteiger partial charge in [-0.2, -0.15) is 0 Å². The molecular weight excluding hydrogens is 492 g/mol. The van der Waals surface area contributed by atoms with Crippen molar-refractivity contribution < 1.29 is 23.8 Å². The zero-order valence-corrected chi connectivity index (χ0v) is 22.0. The Hall–Kier alpha value is -3.55. The molecule has 4 rings (SSSR count). The molecule has 1 aliphatic heterocycles. The van der Waals surface area contributed by atoms with Crippen LogP contribution >= 0.6 is 11.6 Å². The van der Waals surface area contributed by atoms with E-state index in [0.717, 1.165) is 5.56 Å². The van der Waals surface area contributed by atoms with Crippen molar-refractivity contribution in [2.75, 3.05) is 47.5 Å². The molecule has 1 amide bonds. The van der Waals surface area contributed by atoms with Crippen LogP contribution in [0, 0.1) is 0 Å². The van der Waals surface area contributed by atoms with Crippen molar-refractivity contribution in [2.24, 2.45) is 0 Å². The van der Waals surface area contributed by atoms with Gasteiger partial charge in [0, 0.05) is 36.8 Å². The zero-order chi connectivity index (χ0) is 26.4. The van der Waals surface area contributed by atoms with E-state index >= 15 is 0 Å². The number of carbonyl (C=O) groups is 2. The van der Waals surface area contributed by atoms with E-state index in [1.807, 2.05) is 42.5 Å². The number of hydrogen-bond donors (Lipinski definition) is 0. The molecule has 1 saturated heterocycles. The van der Waals surface area contributed by atoms with Crippen molar-refractivity contribution in [2.45, 2.75) is 12.5 Å². The summed E-state index contributed by atoms with van der Waals surface area (Å²) in [5.41, 5.74) is 2.67. The SMILES string of the molecule is COc1cc(C(=O)CC(=O)N2CCN(C(c3ccccc3)c3ccc(Cl)cc3)CC2)cc(OC)c1OC. The van der Waals surface area contributed by atoms with Crippen LogP contribution in [0.15, 0.2) is 66.7 Å². The molecule has 3 aromatic rings. The first-order chi connectivity index (χ1) is 17.9. The summed E-state index contributed by atoms with van der Waals surface area (Å²) in [6.45, 7) is 2.45.